The Balaban J connectivity index is 1.55. The summed E-state index contributed by atoms with van der Waals surface area (Å²) >= 11 is 0. The van der Waals surface area contributed by atoms with Crippen molar-refractivity contribution in [2.45, 2.75) is 32.6 Å². The minimum atomic E-state index is -0.237. The summed E-state index contributed by atoms with van der Waals surface area (Å²) in [5.41, 5.74) is 1.49. The largest absolute Gasteiger partial charge is 0.493 e. The number of ether oxygens (including phenoxy) is 4. The van der Waals surface area contributed by atoms with E-state index in [1.54, 1.807) is 31.4 Å². The fraction of sp³-hybridized carbons (Fsp3) is 0.348. The molecule has 1 heterocycles. The zero-order valence-corrected chi connectivity index (χ0v) is 16.9. The minimum absolute atomic E-state index is 0.201. The molecule has 154 valence electrons. The summed E-state index contributed by atoms with van der Waals surface area (Å²) in [6.45, 7) is 3.06. The van der Waals surface area contributed by atoms with Crippen molar-refractivity contribution in [3.8, 4) is 23.0 Å². The van der Waals surface area contributed by atoms with Crippen LogP contribution in [0.15, 0.2) is 42.5 Å². The van der Waals surface area contributed by atoms with E-state index < -0.39 is 0 Å². The van der Waals surface area contributed by atoms with Gasteiger partial charge in [-0.2, -0.15) is 0 Å². The van der Waals surface area contributed by atoms with E-state index in [0.717, 1.165) is 18.4 Å². The first-order valence-electron chi connectivity index (χ1n) is 9.89. The van der Waals surface area contributed by atoms with Crippen LogP contribution in [0.3, 0.4) is 0 Å². The number of anilines is 1. The third kappa shape index (κ3) is 5.91. The molecule has 0 bridgehead atoms. The molecule has 6 nitrogen and oxygen atoms in total. The zero-order chi connectivity index (χ0) is 20.5. The SMILES string of the molecule is CCCCCCOc1ccc(C=CC(=O)Nc2ccc3c(c2)OCO3)cc1OC. The second-order valence-electron chi connectivity index (χ2n) is 6.71. The number of methoxy groups -OCH3 is 1. The van der Waals surface area contributed by atoms with Crippen molar-refractivity contribution in [3.63, 3.8) is 0 Å². The molecule has 6 heteroatoms. The summed E-state index contributed by atoms with van der Waals surface area (Å²) < 4.78 is 21.8. The predicted octanol–water partition coefficient (Wildman–Crippen LogP) is 5.03. The molecule has 0 unspecified atom stereocenters. The molecule has 0 aromatic heterocycles. The highest BCUT2D eigenvalue weighted by atomic mass is 16.7. The van der Waals surface area contributed by atoms with Crippen molar-refractivity contribution in [3.05, 3.63) is 48.0 Å². The van der Waals surface area contributed by atoms with E-state index in [2.05, 4.69) is 12.2 Å². The van der Waals surface area contributed by atoms with Gasteiger partial charge in [-0.15, -0.1) is 0 Å². The molecule has 0 spiro atoms. The lowest BCUT2D eigenvalue weighted by atomic mass is 10.2. The number of nitrogens with one attached hydrogen (secondary N) is 1. The van der Waals surface area contributed by atoms with Crippen LogP contribution in [0.2, 0.25) is 0 Å². The van der Waals surface area contributed by atoms with Gasteiger partial charge in [0.15, 0.2) is 23.0 Å². The lowest BCUT2D eigenvalue weighted by molar-refractivity contribution is -0.111. The first-order valence-corrected chi connectivity index (χ1v) is 9.89. The normalized spacial score (nSPS) is 12.2. The average molecular weight is 397 g/mol. The van der Waals surface area contributed by atoms with Gasteiger partial charge in [0.25, 0.3) is 0 Å². The van der Waals surface area contributed by atoms with E-state index >= 15 is 0 Å². The van der Waals surface area contributed by atoms with E-state index in [9.17, 15) is 4.79 Å². The highest BCUT2D eigenvalue weighted by Gasteiger charge is 2.13. The molecule has 0 fully saturated rings. The van der Waals surface area contributed by atoms with Gasteiger partial charge in [0.05, 0.1) is 13.7 Å². The standard InChI is InChI=1S/C23H27NO5/c1-3-4-5-6-13-27-19-10-7-17(14-21(19)26-2)8-12-23(25)24-18-9-11-20-22(15-18)29-16-28-20/h7-12,14-15H,3-6,13,16H2,1-2H3,(H,24,25). The van der Waals surface area contributed by atoms with Gasteiger partial charge >= 0.3 is 0 Å². The number of amides is 1. The molecule has 1 amide bonds. The fourth-order valence-electron chi connectivity index (χ4n) is 2.95. The Morgan fingerprint density at radius 2 is 1.93 bits per heavy atom. The molecule has 1 aliphatic heterocycles. The molecule has 0 saturated carbocycles. The summed E-state index contributed by atoms with van der Waals surface area (Å²) in [4.78, 5) is 12.2. The van der Waals surface area contributed by atoms with Gasteiger partial charge in [-0.05, 0) is 42.3 Å². The smallest absolute Gasteiger partial charge is 0.248 e. The summed E-state index contributed by atoms with van der Waals surface area (Å²) in [5.74, 6) is 2.43. The predicted molar refractivity (Wildman–Crippen MR) is 113 cm³/mol. The molecular formula is C23H27NO5. The zero-order valence-electron chi connectivity index (χ0n) is 16.9. The molecule has 1 aliphatic rings. The van der Waals surface area contributed by atoms with Crippen LogP contribution >= 0.6 is 0 Å². The van der Waals surface area contributed by atoms with Crippen molar-refractivity contribution in [2.24, 2.45) is 0 Å². The third-order valence-corrected chi connectivity index (χ3v) is 4.51. The molecule has 2 aromatic rings. The van der Waals surface area contributed by atoms with E-state index in [0.29, 0.717) is 35.3 Å². The van der Waals surface area contributed by atoms with Crippen LogP contribution in [0, 0.1) is 0 Å². The number of benzene rings is 2. The Labute approximate surface area is 171 Å². The molecule has 0 saturated heterocycles. The van der Waals surface area contributed by atoms with Crippen LogP contribution in [0.1, 0.15) is 38.2 Å². The van der Waals surface area contributed by atoms with Crippen molar-refractivity contribution in [2.75, 3.05) is 25.8 Å². The third-order valence-electron chi connectivity index (χ3n) is 4.51. The Hall–Kier alpha value is -3.15. The summed E-state index contributed by atoms with van der Waals surface area (Å²) in [5, 5.41) is 2.81. The highest BCUT2D eigenvalue weighted by Crippen LogP contribution is 2.34. The second kappa shape index (κ2) is 10.4. The lowest BCUT2D eigenvalue weighted by Crippen LogP contribution is -2.07. The van der Waals surface area contributed by atoms with Crippen LogP contribution in [0.25, 0.3) is 6.08 Å². The van der Waals surface area contributed by atoms with Crippen LogP contribution in [-0.4, -0.2) is 26.4 Å². The van der Waals surface area contributed by atoms with Crippen molar-refractivity contribution < 1.29 is 23.7 Å². The number of carbonyl (C=O) groups is 1. The summed E-state index contributed by atoms with van der Waals surface area (Å²) in [6, 6.07) is 10.9. The summed E-state index contributed by atoms with van der Waals surface area (Å²) in [6.07, 6.45) is 7.82. The Morgan fingerprint density at radius 1 is 1.07 bits per heavy atom. The molecule has 0 aliphatic carbocycles. The lowest BCUT2D eigenvalue weighted by Gasteiger charge is -2.11. The average Bonchev–Trinajstić information content (AvgIpc) is 3.20. The molecule has 29 heavy (non-hydrogen) atoms. The number of unbranched alkanes of at least 4 members (excludes halogenated alkanes) is 3. The monoisotopic (exact) mass is 397 g/mol. The Morgan fingerprint density at radius 3 is 2.76 bits per heavy atom. The van der Waals surface area contributed by atoms with Crippen molar-refractivity contribution >= 4 is 17.7 Å². The minimum Gasteiger partial charge on any atom is -0.493 e. The molecule has 3 rings (SSSR count). The van der Waals surface area contributed by atoms with E-state index in [1.807, 2.05) is 18.2 Å². The Kier molecular flexibility index (Phi) is 7.39. The van der Waals surface area contributed by atoms with Crippen LogP contribution in [-0.2, 0) is 4.79 Å². The Bertz CT molecular complexity index is 862. The van der Waals surface area contributed by atoms with Gasteiger partial charge in [-0.3, -0.25) is 4.79 Å². The van der Waals surface area contributed by atoms with Crippen molar-refractivity contribution in [1.82, 2.24) is 0 Å². The van der Waals surface area contributed by atoms with Crippen LogP contribution in [0.5, 0.6) is 23.0 Å². The first-order chi connectivity index (χ1) is 14.2. The number of fused-ring (bicyclic) bond motifs is 1. The summed E-state index contributed by atoms with van der Waals surface area (Å²) in [7, 11) is 1.61. The molecule has 1 N–H and O–H groups in total. The highest BCUT2D eigenvalue weighted by molar-refractivity contribution is 6.02. The fourth-order valence-corrected chi connectivity index (χ4v) is 2.95. The van der Waals surface area contributed by atoms with Crippen molar-refractivity contribution in [1.29, 1.82) is 0 Å². The van der Waals surface area contributed by atoms with E-state index in [-0.39, 0.29) is 12.7 Å². The van der Waals surface area contributed by atoms with E-state index in [1.165, 1.54) is 18.9 Å². The van der Waals surface area contributed by atoms with Gasteiger partial charge < -0.3 is 24.3 Å². The first kappa shape index (κ1) is 20.6. The van der Waals surface area contributed by atoms with Crippen LogP contribution < -0.4 is 24.3 Å². The maximum absolute atomic E-state index is 12.2. The quantitative estimate of drug-likeness (QED) is 0.450. The maximum atomic E-state index is 12.2. The topological polar surface area (TPSA) is 66.0 Å². The van der Waals surface area contributed by atoms with Gasteiger partial charge in [-0.25, -0.2) is 0 Å². The molecule has 2 aromatic carbocycles. The number of hydrogen-bond donors (Lipinski definition) is 1. The van der Waals surface area contributed by atoms with Gasteiger partial charge in [-0.1, -0.05) is 32.3 Å². The molecular weight excluding hydrogens is 370 g/mol. The second-order valence-corrected chi connectivity index (χ2v) is 6.71. The van der Waals surface area contributed by atoms with Gasteiger partial charge in [0, 0.05) is 17.8 Å². The number of hydrogen-bond acceptors (Lipinski definition) is 5. The molecule has 0 atom stereocenters. The number of rotatable bonds is 10. The van der Waals surface area contributed by atoms with Gasteiger partial charge in [0.2, 0.25) is 12.7 Å². The maximum Gasteiger partial charge on any atom is 0.248 e. The van der Waals surface area contributed by atoms with E-state index in [4.69, 9.17) is 18.9 Å². The molecule has 0 radical (unpaired) electrons. The van der Waals surface area contributed by atoms with Gasteiger partial charge in [0.1, 0.15) is 0 Å². The number of carbonyl (C=O) groups excluding carboxylic acids is 1. The van der Waals surface area contributed by atoms with Crippen LogP contribution in [0.4, 0.5) is 5.69 Å².